The Balaban J connectivity index is 2.63. The van der Waals surface area contributed by atoms with Crippen molar-refractivity contribution in [2.45, 2.75) is 13.0 Å². The van der Waals surface area contributed by atoms with Crippen molar-refractivity contribution in [3.05, 3.63) is 35.4 Å². The number of carbonyl (C=O) groups excluding carboxylic acids is 1. The molecule has 0 bridgehead atoms. The molecular formula is C12H17NO3. The van der Waals surface area contributed by atoms with Crippen LogP contribution in [0.25, 0.3) is 0 Å². The van der Waals surface area contributed by atoms with Gasteiger partial charge in [-0.2, -0.15) is 0 Å². The highest BCUT2D eigenvalue weighted by atomic mass is 16.5. The number of aliphatic hydroxyl groups is 1. The van der Waals surface area contributed by atoms with Crippen LogP contribution in [0, 0.1) is 0 Å². The van der Waals surface area contributed by atoms with Crippen LogP contribution in [0.4, 0.5) is 0 Å². The first-order chi connectivity index (χ1) is 7.77. The molecule has 0 saturated heterocycles. The van der Waals surface area contributed by atoms with Gasteiger partial charge in [0.15, 0.2) is 0 Å². The Morgan fingerprint density at radius 2 is 2.06 bits per heavy atom. The Kier molecular flexibility index (Phi) is 5.53. The number of hydrogen-bond donors (Lipinski definition) is 2. The molecule has 0 heterocycles. The van der Waals surface area contributed by atoms with Gasteiger partial charge in [0.25, 0.3) is 0 Å². The van der Waals surface area contributed by atoms with Crippen molar-refractivity contribution in [3.8, 4) is 0 Å². The second-order valence-corrected chi connectivity index (χ2v) is 3.42. The third kappa shape index (κ3) is 4.00. The predicted molar refractivity (Wildman–Crippen MR) is 61.0 cm³/mol. The maximum absolute atomic E-state index is 11.2. The molecule has 0 saturated carbocycles. The molecule has 0 atom stereocenters. The summed E-state index contributed by atoms with van der Waals surface area (Å²) in [5.74, 6) is -0.241. The van der Waals surface area contributed by atoms with Crippen LogP contribution in [0.1, 0.15) is 11.1 Å². The largest absolute Gasteiger partial charge is 0.469 e. The van der Waals surface area contributed by atoms with Gasteiger partial charge in [-0.3, -0.25) is 4.79 Å². The standard InChI is InChI=1S/C12H17NO3/c1-16-12(15)8-10-4-2-3-5-11(10)9-13-6-7-14/h2-5,13-14H,6-9H2,1H3. The lowest BCUT2D eigenvalue weighted by Crippen LogP contribution is -2.19. The highest BCUT2D eigenvalue weighted by Gasteiger charge is 2.06. The minimum Gasteiger partial charge on any atom is -0.469 e. The number of rotatable bonds is 6. The van der Waals surface area contributed by atoms with Crippen LogP contribution in [0.3, 0.4) is 0 Å². The normalized spacial score (nSPS) is 10.1. The number of carbonyl (C=O) groups is 1. The smallest absolute Gasteiger partial charge is 0.309 e. The first-order valence-electron chi connectivity index (χ1n) is 5.23. The average Bonchev–Trinajstić information content (AvgIpc) is 2.31. The number of ether oxygens (including phenoxy) is 1. The van der Waals surface area contributed by atoms with E-state index in [4.69, 9.17) is 5.11 Å². The van der Waals surface area contributed by atoms with Gasteiger partial charge in [-0.25, -0.2) is 0 Å². The lowest BCUT2D eigenvalue weighted by Gasteiger charge is -2.09. The minimum absolute atomic E-state index is 0.110. The Labute approximate surface area is 95.2 Å². The zero-order valence-electron chi connectivity index (χ0n) is 9.40. The van der Waals surface area contributed by atoms with E-state index in [1.807, 2.05) is 24.3 Å². The second kappa shape index (κ2) is 6.98. The van der Waals surface area contributed by atoms with Gasteiger partial charge in [-0.05, 0) is 11.1 Å². The molecule has 1 aromatic rings. The van der Waals surface area contributed by atoms with Crippen molar-refractivity contribution in [3.63, 3.8) is 0 Å². The van der Waals surface area contributed by atoms with E-state index in [-0.39, 0.29) is 19.0 Å². The van der Waals surface area contributed by atoms with Gasteiger partial charge >= 0.3 is 5.97 Å². The van der Waals surface area contributed by atoms with Gasteiger partial charge in [0.05, 0.1) is 20.1 Å². The van der Waals surface area contributed by atoms with Crippen LogP contribution in [0.15, 0.2) is 24.3 Å². The highest BCUT2D eigenvalue weighted by Crippen LogP contribution is 2.09. The molecule has 4 heteroatoms. The maximum atomic E-state index is 11.2. The van der Waals surface area contributed by atoms with Gasteiger partial charge in [-0.1, -0.05) is 24.3 Å². The molecule has 0 aliphatic carbocycles. The lowest BCUT2D eigenvalue weighted by atomic mass is 10.0. The molecule has 0 aliphatic heterocycles. The third-order valence-corrected chi connectivity index (χ3v) is 2.28. The van der Waals surface area contributed by atoms with E-state index >= 15 is 0 Å². The summed E-state index contributed by atoms with van der Waals surface area (Å²) in [5, 5.41) is 11.7. The quantitative estimate of drug-likeness (QED) is 0.544. The monoisotopic (exact) mass is 223 g/mol. The molecule has 88 valence electrons. The van der Waals surface area contributed by atoms with E-state index < -0.39 is 0 Å². The van der Waals surface area contributed by atoms with Gasteiger partial charge in [0, 0.05) is 13.1 Å². The molecule has 0 aliphatic rings. The van der Waals surface area contributed by atoms with Crippen LogP contribution in [0.5, 0.6) is 0 Å². The molecule has 16 heavy (non-hydrogen) atoms. The van der Waals surface area contributed by atoms with Crippen molar-refractivity contribution < 1.29 is 14.6 Å². The van der Waals surface area contributed by atoms with Crippen LogP contribution >= 0.6 is 0 Å². The van der Waals surface area contributed by atoms with Gasteiger partial charge in [-0.15, -0.1) is 0 Å². The molecule has 1 rings (SSSR count). The summed E-state index contributed by atoms with van der Waals surface area (Å²) in [6.07, 6.45) is 0.285. The fraction of sp³-hybridized carbons (Fsp3) is 0.417. The van der Waals surface area contributed by atoms with Crippen molar-refractivity contribution in [2.75, 3.05) is 20.3 Å². The molecule has 2 N–H and O–H groups in total. The van der Waals surface area contributed by atoms with E-state index in [1.54, 1.807) is 0 Å². The summed E-state index contributed by atoms with van der Waals surface area (Å²) >= 11 is 0. The first kappa shape index (κ1) is 12.7. The van der Waals surface area contributed by atoms with E-state index in [0.717, 1.165) is 11.1 Å². The van der Waals surface area contributed by atoms with Crippen LogP contribution in [0.2, 0.25) is 0 Å². The maximum Gasteiger partial charge on any atom is 0.309 e. The van der Waals surface area contributed by atoms with E-state index in [2.05, 4.69) is 10.1 Å². The fourth-order valence-corrected chi connectivity index (χ4v) is 1.43. The Hall–Kier alpha value is -1.39. The second-order valence-electron chi connectivity index (χ2n) is 3.42. The minimum atomic E-state index is -0.241. The van der Waals surface area contributed by atoms with Crippen molar-refractivity contribution in [1.82, 2.24) is 5.32 Å². The van der Waals surface area contributed by atoms with Crippen molar-refractivity contribution in [1.29, 1.82) is 0 Å². The SMILES string of the molecule is COC(=O)Cc1ccccc1CNCCO. The molecule has 1 aromatic carbocycles. The van der Waals surface area contributed by atoms with E-state index in [9.17, 15) is 4.79 Å². The Morgan fingerprint density at radius 3 is 2.69 bits per heavy atom. The van der Waals surface area contributed by atoms with Crippen LogP contribution < -0.4 is 5.32 Å². The fourth-order valence-electron chi connectivity index (χ4n) is 1.43. The molecule has 0 amide bonds. The molecular weight excluding hydrogens is 206 g/mol. The predicted octanol–water partition coefficient (Wildman–Crippen LogP) is 0.484. The molecule has 4 nitrogen and oxygen atoms in total. The Morgan fingerprint density at radius 1 is 1.38 bits per heavy atom. The average molecular weight is 223 g/mol. The van der Waals surface area contributed by atoms with E-state index in [0.29, 0.717) is 13.1 Å². The molecule has 0 spiro atoms. The van der Waals surface area contributed by atoms with Crippen LogP contribution in [-0.4, -0.2) is 31.3 Å². The topological polar surface area (TPSA) is 58.6 Å². The summed E-state index contributed by atoms with van der Waals surface area (Å²) in [5.41, 5.74) is 2.01. The number of aliphatic hydroxyl groups excluding tert-OH is 1. The number of benzene rings is 1. The Bertz CT molecular complexity index is 339. The first-order valence-corrected chi connectivity index (χ1v) is 5.23. The number of nitrogens with one attached hydrogen (secondary N) is 1. The molecule has 0 radical (unpaired) electrons. The van der Waals surface area contributed by atoms with Gasteiger partial charge < -0.3 is 15.2 Å². The number of esters is 1. The highest BCUT2D eigenvalue weighted by molar-refractivity contribution is 5.72. The summed E-state index contributed by atoms with van der Waals surface area (Å²) in [6.45, 7) is 1.31. The van der Waals surface area contributed by atoms with Gasteiger partial charge in [0.1, 0.15) is 0 Å². The van der Waals surface area contributed by atoms with Gasteiger partial charge in [0.2, 0.25) is 0 Å². The summed E-state index contributed by atoms with van der Waals surface area (Å²) in [4.78, 5) is 11.2. The number of methoxy groups -OCH3 is 1. The summed E-state index contributed by atoms with van der Waals surface area (Å²) in [7, 11) is 1.38. The zero-order chi connectivity index (χ0) is 11.8. The molecule has 0 aromatic heterocycles. The third-order valence-electron chi connectivity index (χ3n) is 2.28. The van der Waals surface area contributed by atoms with Crippen molar-refractivity contribution in [2.24, 2.45) is 0 Å². The summed E-state index contributed by atoms with van der Waals surface area (Å²) in [6, 6.07) is 7.69. The zero-order valence-corrected chi connectivity index (χ0v) is 9.40. The van der Waals surface area contributed by atoms with Crippen LogP contribution in [-0.2, 0) is 22.5 Å². The molecule has 0 unspecified atom stereocenters. The molecule has 0 fully saturated rings. The number of hydrogen-bond acceptors (Lipinski definition) is 4. The summed E-state index contributed by atoms with van der Waals surface area (Å²) < 4.78 is 4.64. The van der Waals surface area contributed by atoms with Crippen molar-refractivity contribution >= 4 is 5.97 Å². The van der Waals surface area contributed by atoms with E-state index in [1.165, 1.54) is 7.11 Å². The lowest BCUT2D eigenvalue weighted by molar-refractivity contribution is -0.139.